The molecule has 0 radical (unpaired) electrons. The van der Waals surface area contributed by atoms with E-state index in [-0.39, 0.29) is 0 Å². The summed E-state index contributed by atoms with van der Waals surface area (Å²) >= 11 is 0. The Kier molecular flexibility index (Phi) is 2.74. The molecule has 20 heavy (non-hydrogen) atoms. The van der Waals surface area contributed by atoms with Crippen molar-refractivity contribution in [3.63, 3.8) is 0 Å². The Hall–Kier alpha value is -2.04. The Bertz CT molecular complexity index is 669. The largest absolute Gasteiger partial charge is 0.471 e. The average Bonchev–Trinajstić information content (AvgIpc) is 3.18. The normalized spacial score (nSPS) is 16.9. The summed E-state index contributed by atoms with van der Waals surface area (Å²) in [4.78, 5) is 11.2. The summed E-state index contributed by atoms with van der Waals surface area (Å²) in [6.07, 6.45) is -3.79. The monoisotopic (exact) mass is 279 g/mol. The molecule has 0 aromatic heterocycles. The molecule has 0 saturated heterocycles. The lowest BCUT2D eigenvalue weighted by molar-refractivity contribution is -0.174. The molecule has 0 aliphatic heterocycles. The van der Waals surface area contributed by atoms with Crippen molar-refractivity contribution in [2.75, 3.05) is 0 Å². The lowest BCUT2D eigenvalue weighted by Gasteiger charge is -2.20. The van der Waals surface area contributed by atoms with E-state index in [9.17, 15) is 18.0 Å². The SMILES string of the molecule is O=C(NC1(c2cccc3ccccc23)CC1)C(F)(F)F. The number of hydrogen-bond acceptors (Lipinski definition) is 1. The van der Waals surface area contributed by atoms with E-state index in [1.165, 1.54) is 0 Å². The van der Waals surface area contributed by atoms with Crippen molar-refractivity contribution in [2.45, 2.75) is 24.6 Å². The molecule has 3 rings (SSSR count). The first kappa shape index (κ1) is 13.0. The average molecular weight is 279 g/mol. The molecule has 2 aromatic carbocycles. The highest BCUT2D eigenvalue weighted by atomic mass is 19.4. The van der Waals surface area contributed by atoms with Crippen LogP contribution in [-0.2, 0) is 10.3 Å². The van der Waals surface area contributed by atoms with Crippen molar-refractivity contribution in [3.05, 3.63) is 48.0 Å². The number of alkyl halides is 3. The standard InChI is InChI=1S/C15H12F3NO/c16-15(17,18)13(20)19-14(8-9-14)12-7-3-5-10-4-1-2-6-11(10)12/h1-7H,8-9H2,(H,19,20). The first-order chi connectivity index (χ1) is 9.42. The molecule has 0 spiro atoms. The van der Waals surface area contributed by atoms with Crippen molar-refractivity contribution >= 4 is 16.7 Å². The third-order valence-electron chi connectivity index (χ3n) is 3.67. The zero-order valence-electron chi connectivity index (χ0n) is 10.5. The fourth-order valence-electron chi connectivity index (χ4n) is 2.52. The highest BCUT2D eigenvalue weighted by molar-refractivity contribution is 5.89. The molecule has 0 heterocycles. The lowest BCUT2D eigenvalue weighted by atomic mass is 9.97. The Morgan fingerprint density at radius 2 is 1.70 bits per heavy atom. The van der Waals surface area contributed by atoms with Crippen LogP contribution in [0.25, 0.3) is 10.8 Å². The molecule has 0 atom stereocenters. The summed E-state index contributed by atoms with van der Waals surface area (Å²) < 4.78 is 37.3. The van der Waals surface area contributed by atoms with Crippen LogP contribution in [-0.4, -0.2) is 12.1 Å². The van der Waals surface area contributed by atoms with Gasteiger partial charge in [0, 0.05) is 0 Å². The van der Waals surface area contributed by atoms with Crippen molar-refractivity contribution in [1.29, 1.82) is 0 Å². The smallest absolute Gasteiger partial charge is 0.339 e. The van der Waals surface area contributed by atoms with Gasteiger partial charge >= 0.3 is 12.1 Å². The number of amides is 1. The molecular weight excluding hydrogens is 267 g/mol. The molecule has 1 N–H and O–H groups in total. The van der Waals surface area contributed by atoms with Crippen LogP contribution < -0.4 is 5.32 Å². The lowest BCUT2D eigenvalue weighted by Crippen LogP contribution is -2.43. The van der Waals surface area contributed by atoms with E-state index < -0.39 is 17.6 Å². The molecule has 1 amide bonds. The predicted molar refractivity (Wildman–Crippen MR) is 69.1 cm³/mol. The minimum Gasteiger partial charge on any atom is -0.339 e. The number of rotatable bonds is 2. The summed E-state index contributed by atoms with van der Waals surface area (Å²) in [6, 6.07) is 13.0. The summed E-state index contributed by atoms with van der Waals surface area (Å²) in [5.74, 6) is -1.87. The van der Waals surface area contributed by atoms with Crippen LogP contribution in [0.15, 0.2) is 42.5 Å². The number of nitrogens with one attached hydrogen (secondary N) is 1. The number of hydrogen-bond donors (Lipinski definition) is 1. The molecule has 1 aliphatic carbocycles. The van der Waals surface area contributed by atoms with Crippen molar-refractivity contribution < 1.29 is 18.0 Å². The molecule has 2 nitrogen and oxygen atoms in total. The van der Waals surface area contributed by atoms with Gasteiger partial charge in [0.1, 0.15) is 0 Å². The van der Waals surface area contributed by atoms with E-state index in [1.54, 1.807) is 12.1 Å². The van der Waals surface area contributed by atoms with Crippen LogP contribution in [0.3, 0.4) is 0 Å². The zero-order chi connectivity index (χ0) is 14.4. The van der Waals surface area contributed by atoms with Gasteiger partial charge in [0.2, 0.25) is 0 Å². The molecule has 5 heteroatoms. The second-order valence-corrected chi connectivity index (χ2v) is 5.06. The van der Waals surface area contributed by atoms with Gasteiger partial charge in [-0.25, -0.2) is 0 Å². The highest BCUT2D eigenvalue weighted by Crippen LogP contribution is 2.48. The summed E-state index contributed by atoms with van der Waals surface area (Å²) in [7, 11) is 0. The van der Waals surface area contributed by atoms with Gasteiger partial charge in [0.15, 0.2) is 0 Å². The number of halogens is 3. The maximum Gasteiger partial charge on any atom is 0.471 e. The van der Waals surface area contributed by atoms with E-state index >= 15 is 0 Å². The van der Waals surface area contributed by atoms with Gasteiger partial charge < -0.3 is 5.32 Å². The van der Waals surface area contributed by atoms with Crippen LogP contribution in [0.2, 0.25) is 0 Å². The fraction of sp³-hybridized carbons (Fsp3) is 0.267. The first-order valence-electron chi connectivity index (χ1n) is 6.30. The highest BCUT2D eigenvalue weighted by Gasteiger charge is 2.51. The molecule has 2 aromatic rings. The van der Waals surface area contributed by atoms with Crippen LogP contribution in [0.5, 0.6) is 0 Å². The fourth-order valence-corrected chi connectivity index (χ4v) is 2.52. The topological polar surface area (TPSA) is 29.1 Å². The second kappa shape index (κ2) is 4.23. The van der Waals surface area contributed by atoms with Gasteiger partial charge in [0.25, 0.3) is 0 Å². The van der Waals surface area contributed by atoms with Gasteiger partial charge in [-0.1, -0.05) is 42.5 Å². The van der Waals surface area contributed by atoms with Gasteiger partial charge in [-0.3, -0.25) is 4.79 Å². The van der Waals surface area contributed by atoms with Gasteiger partial charge in [-0.05, 0) is 29.2 Å². The molecule has 1 saturated carbocycles. The van der Waals surface area contributed by atoms with Gasteiger partial charge in [-0.2, -0.15) is 13.2 Å². The number of benzene rings is 2. The summed E-state index contributed by atoms with van der Waals surface area (Å²) in [5, 5.41) is 3.99. The Balaban J connectivity index is 2.01. The van der Waals surface area contributed by atoms with Crippen LogP contribution in [0, 0.1) is 0 Å². The second-order valence-electron chi connectivity index (χ2n) is 5.06. The predicted octanol–water partition coefficient (Wildman–Crippen LogP) is 3.51. The van der Waals surface area contributed by atoms with E-state index in [0.717, 1.165) is 16.3 Å². The molecule has 1 aliphatic rings. The van der Waals surface area contributed by atoms with Crippen molar-refractivity contribution in [2.24, 2.45) is 0 Å². The van der Waals surface area contributed by atoms with E-state index in [1.807, 2.05) is 30.3 Å². The third-order valence-corrected chi connectivity index (χ3v) is 3.67. The van der Waals surface area contributed by atoms with E-state index in [2.05, 4.69) is 5.32 Å². The van der Waals surface area contributed by atoms with Gasteiger partial charge in [0.05, 0.1) is 5.54 Å². The quantitative estimate of drug-likeness (QED) is 0.895. The number of carbonyl (C=O) groups excluding carboxylic acids is 1. The van der Waals surface area contributed by atoms with E-state index in [4.69, 9.17) is 0 Å². The van der Waals surface area contributed by atoms with Gasteiger partial charge in [-0.15, -0.1) is 0 Å². The maximum atomic E-state index is 12.4. The van der Waals surface area contributed by atoms with Crippen LogP contribution in [0.4, 0.5) is 13.2 Å². The Morgan fingerprint density at radius 3 is 2.35 bits per heavy atom. The van der Waals surface area contributed by atoms with Crippen molar-refractivity contribution in [3.8, 4) is 0 Å². The molecule has 104 valence electrons. The van der Waals surface area contributed by atoms with Crippen LogP contribution in [0.1, 0.15) is 18.4 Å². The van der Waals surface area contributed by atoms with Crippen molar-refractivity contribution in [1.82, 2.24) is 5.32 Å². The minimum atomic E-state index is -4.85. The summed E-state index contributed by atoms with van der Waals surface area (Å²) in [6.45, 7) is 0. The molecular formula is C15H12F3NO. The number of carbonyl (C=O) groups is 1. The molecule has 0 unspecified atom stereocenters. The van der Waals surface area contributed by atoms with Crippen LogP contribution >= 0.6 is 0 Å². The molecule has 1 fully saturated rings. The number of fused-ring (bicyclic) bond motifs is 1. The first-order valence-corrected chi connectivity index (χ1v) is 6.30. The summed E-state index contributed by atoms with van der Waals surface area (Å²) in [5.41, 5.74) is -0.110. The molecule has 0 bridgehead atoms. The zero-order valence-corrected chi connectivity index (χ0v) is 10.5. The third kappa shape index (κ3) is 2.13. The Labute approximate surface area is 113 Å². The van der Waals surface area contributed by atoms with E-state index in [0.29, 0.717) is 12.8 Å². The Morgan fingerprint density at radius 1 is 1.05 bits per heavy atom. The minimum absolute atomic E-state index is 0.531. The maximum absolute atomic E-state index is 12.4.